The Bertz CT molecular complexity index is 402. The summed E-state index contributed by atoms with van der Waals surface area (Å²) < 4.78 is 33.4. The highest BCUT2D eigenvalue weighted by Crippen LogP contribution is 2.20. The Labute approximate surface area is 109 Å². The predicted octanol–water partition coefficient (Wildman–Crippen LogP) is 2.00. The molecule has 0 bridgehead atoms. The standard InChI is InChI=1S/C11H13F2NO3.ClH/c1-16-11(15)7-2-3-9(8(4-7)5-14)17-6-10(12)13;/h2-4,10H,5-6,14H2,1H3;1H. The van der Waals surface area contributed by atoms with Crippen molar-refractivity contribution >= 4 is 18.4 Å². The number of nitrogens with two attached hydrogens (primary N) is 1. The smallest absolute Gasteiger partial charge is 0.337 e. The minimum Gasteiger partial charge on any atom is -0.487 e. The average Bonchev–Trinajstić information content (AvgIpc) is 2.34. The normalized spacial score (nSPS) is 9.83. The van der Waals surface area contributed by atoms with E-state index in [0.717, 1.165) is 0 Å². The van der Waals surface area contributed by atoms with E-state index in [1.807, 2.05) is 0 Å². The molecule has 0 spiro atoms. The topological polar surface area (TPSA) is 61.5 Å². The number of hydrogen-bond donors (Lipinski definition) is 1. The number of halogens is 3. The molecule has 0 aliphatic carbocycles. The Morgan fingerprint density at radius 1 is 1.44 bits per heavy atom. The molecule has 7 heteroatoms. The number of carbonyl (C=O) groups is 1. The van der Waals surface area contributed by atoms with Crippen molar-refractivity contribution in [2.75, 3.05) is 13.7 Å². The fourth-order valence-corrected chi connectivity index (χ4v) is 1.28. The summed E-state index contributed by atoms with van der Waals surface area (Å²) in [6.07, 6.45) is -2.55. The molecule has 4 nitrogen and oxygen atoms in total. The number of ether oxygens (including phenoxy) is 2. The molecule has 0 heterocycles. The van der Waals surface area contributed by atoms with Crippen LogP contribution in [0.1, 0.15) is 15.9 Å². The number of carbonyl (C=O) groups excluding carboxylic acids is 1. The zero-order chi connectivity index (χ0) is 12.8. The number of hydrogen-bond acceptors (Lipinski definition) is 4. The summed E-state index contributed by atoms with van der Waals surface area (Å²) in [4.78, 5) is 11.2. The van der Waals surface area contributed by atoms with Gasteiger partial charge in [-0.25, -0.2) is 13.6 Å². The van der Waals surface area contributed by atoms with Gasteiger partial charge in [0.05, 0.1) is 12.7 Å². The lowest BCUT2D eigenvalue weighted by molar-refractivity contribution is 0.0599. The van der Waals surface area contributed by atoms with Gasteiger partial charge in [0, 0.05) is 12.1 Å². The molecule has 2 N–H and O–H groups in total. The maximum atomic E-state index is 12.0. The third-order valence-electron chi connectivity index (χ3n) is 2.07. The second-order valence-electron chi connectivity index (χ2n) is 3.22. The lowest BCUT2D eigenvalue weighted by Gasteiger charge is -2.11. The molecule has 0 aliphatic heterocycles. The highest BCUT2D eigenvalue weighted by atomic mass is 35.5. The van der Waals surface area contributed by atoms with Crippen molar-refractivity contribution in [1.82, 2.24) is 0 Å². The zero-order valence-corrected chi connectivity index (χ0v) is 10.5. The SMILES string of the molecule is COC(=O)c1ccc(OCC(F)F)c(CN)c1.Cl. The first kappa shape index (κ1) is 16.6. The number of alkyl halides is 2. The van der Waals surface area contributed by atoms with Gasteiger partial charge in [-0.2, -0.15) is 0 Å². The van der Waals surface area contributed by atoms with Crippen molar-refractivity contribution in [2.24, 2.45) is 5.73 Å². The van der Waals surface area contributed by atoms with E-state index in [2.05, 4.69) is 4.74 Å². The molecule has 1 aromatic carbocycles. The molecule has 0 radical (unpaired) electrons. The molecule has 0 saturated carbocycles. The van der Waals surface area contributed by atoms with E-state index < -0.39 is 19.0 Å². The van der Waals surface area contributed by atoms with Crippen LogP contribution in [0.2, 0.25) is 0 Å². The van der Waals surface area contributed by atoms with Gasteiger partial charge in [0.1, 0.15) is 12.4 Å². The quantitative estimate of drug-likeness (QED) is 0.839. The Morgan fingerprint density at radius 3 is 2.61 bits per heavy atom. The second-order valence-corrected chi connectivity index (χ2v) is 3.22. The fourth-order valence-electron chi connectivity index (χ4n) is 1.28. The van der Waals surface area contributed by atoms with Crippen LogP contribution in [0.25, 0.3) is 0 Å². The van der Waals surface area contributed by atoms with E-state index >= 15 is 0 Å². The molecule has 102 valence electrons. The summed E-state index contributed by atoms with van der Waals surface area (Å²) in [5.41, 5.74) is 6.23. The van der Waals surface area contributed by atoms with Crippen molar-refractivity contribution in [3.8, 4) is 5.75 Å². The van der Waals surface area contributed by atoms with Gasteiger partial charge in [0.2, 0.25) is 0 Å². The Hall–Kier alpha value is -1.40. The molecule has 0 amide bonds. The molecular weight excluding hydrogens is 268 g/mol. The van der Waals surface area contributed by atoms with Crippen LogP contribution in [-0.4, -0.2) is 26.1 Å². The van der Waals surface area contributed by atoms with Gasteiger partial charge in [0.15, 0.2) is 0 Å². The molecule has 1 aromatic rings. The monoisotopic (exact) mass is 281 g/mol. The summed E-state index contributed by atoms with van der Waals surface area (Å²) in [6.45, 7) is -0.617. The van der Waals surface area contributed by atoms with E-state index in [4.69, 9.17) is 10.5 Å². The average molecular weight is 282 g/mol. The van der Waals surface area contributed by atoms with E-state index in [-0.39, 0.29) is 24.7 Å². The molecule has 1 rings (SSSR count). The summed E-state index contributed by atoms with van der Waals surface area (Å²) in [5, 5.41) is 0. The van der Waals surface area contributed by atoms with Crippen LogP contribution in [0.3, 0.4) is 0 Å². The van der Waals surface area contributed by atoms with Crippen LogP contribution < -0.4 is 10.5 Å². The van der Waals surface area contributed by atoms with E-state index in [1.165, 1.54) is 25.3 Å². The molecule has 0 aromatic heterocycles. The molecular formula is C11H14ClF2NO3. The molecule has 0 saturated heterocycles. The van der Waals surface area contributed by atoms with Crippen molar-refractivity contribution in [3.63, 3.8) is 0 Å². The van der Waals surface area contributed by atoms with Crippen LogP contribution in [0, 0.1) is 0 Å². The van der Waals surface area contributed by atoms with E-state index in [1.54, 1.807) is 0 Å². The molecule has 18 heavy (non-hydrogen) atoms. The van der Waals surface area contributed by atoms with Gasteiger partial charge in [-0.1, -0.05) is 0 Å². The maximum absolute atomic E-state index is 12.0. The first-order valence-corrected chi connectivity index (χ1v) is 4.90. The van der Waals surface area contributed by atoms with Crippen molar-refractivity contribution in [3.05, 3.63) is 29.3 Å². The van der Waals surface area contributed by atoms with Gasteiger partial charge >= 0.3 is 5.97 Å². The zero-order valence-electron chi connectivity index (χ0n) is 9.69. The summed E-state index contributed by atoms with van der Waals surface area (Å²) >= 11 is 0. The van der Waals surface area contributed by atoms with Gasteiger partial charge in [-0.15, -0.1) is 12.4 Å². The van der Waals surface area contributed by atoms with Crippen molar-refractivity contribution < 1.29 is 23.0 Å². The first-order chi connectivity index (χ1) is 8.08. The first-order valence-electron chi connectivity index (χ1n) is 4.90. The summed E-state index contributed by atoms with van der Waals surface area (Å²) in [6, 6.07) is 4.33. The summed E-state index contributed by atoms with van der Waals surface area (Å²) in [7, 11) is 1.26. The van der Waals surface area contributed by atoms with Gasteiger partial charge in [-0.05, 0) is 18.2 Å². The van der Waals surface area contributed by atoms with Crippen molar-refractivity contribution in [1.29, 1.82) is 0 Å². The van der Waals surface area contributed by atoms with Crippen molar-refractivity contribution in [2.45, 2.75) is 13.0 Å². The molecule has 0 aliphatic rings. The lowest BCUT2D eigenvalue weighted by atomic mass is 10.1. The number of benzene rings is 1. The molecule has 0 fully saturated rings. The van der Waals surface area contributed by atoms with Gasteiger partial charge in [0.25, 0.3) is 6.43 Å². The maximum Gasteiger partial charge on any atom is 0.337 e. The van der Waals surface area contributed by atoms with Gasteiger partial charge in [-0.3, -0.25) is 0 Å². The minimum atomic E-state index is -2.55. The number of methoxy groups -OCH3 is 1. The molecule has 0 atom stereocenters. The van der Waals surface area contributed by atoms with Crippen LogP contribution in [-0.2, 0) is 11.3 Å². The van der Waals surface area contributed by atoms with Crippen LogP contribution in [0.15, 0.2) is 18.2 Å². The molecule has 0 unspecified atom stereocenters. The minimum absolute atomic E-state index is 0. The van der Waals surface area contributed by atoms with E-state index in [0.29, 0.717) is 11.1 Å². The highest BCUT2D eigenvalue weighted by molar-refractivity contribution is 5.89. The van der Waals surface area contributed by atoms with Crippen LogP contribution >= 0.6 is 12.4 Å². The highest BCUT2D eigenvalue weighted by Gasteiger charge is 2.11. The van der Waals surface area contributed by atoms with Crippen LogP contribution in [0.5, 0.6) is 5.75 Å². The fraction of sp³-hybridized carbons (Fsp3) is 0.364. The van der Waals surface area contributed by atoms with E-state index in [9.17, 15) is 13.6 Å². The number of rotatable bonds is 5. The Kier molecular flexibility index (Phi) is 7.23. The second kappa shape index (κ2) is 7.84. The summed E-state index contributed by atoms with van der Waals surface area (Å²) in [5.74, 6) is -0.263. The largest absolute Gasteiger partial charge is 0.487 e. The Balaban J connectivity index is 0.00000289. The predicted molar refractivity (Wildman–Crippen MR) is 64.4 cm³/mol. The number of esters is 1. The van der Waals surface area contributed by atoms with Crippen LogP contribution in [0.4, 0.5) is 8.78 Å². The van der Waals surface area contributed by atoms with Gasteiger partial charge < -0.3 is 15.2 Å². The third kappa shape index (κ3) is 4.46. The lowest BCUT2D eigenvalue weighted by Crippen LogP contribution is -2.11. The Morgan fingerprint density at radius 2 is 2.11 bits per heavy atom. The third-order valence-corrected chi connectivity index (χ3v) is 2.07.